The van der Waals surface area contributed by atoms with Crippen LogP contribution in [0, 0.1) is 0 Å². The Morgan fingerprint density at radius 2 is 1.84 bits per heavy atom. The van der Waals surface area contributed by atoms with Gasteiger partial charge in [0.15, 0.2) is 0 Å². The van der Waals surface area contributed by atoms with Gasteiger partial charge in [-0.3, -0.25) is 4.31 Å². The summed E-state index contributed by atoms with van der Waals surface area (Å²) in [5.74, 6) is -1.14. The van der Waals surface area contributed by atoms with Gasteiger partial charge in [0.05, 0.1) is 21.7 Å². The van der Waals surface area contributed by atoms with E-state index in [1.165, 1.54) is 18.2 Å². The van der Waals surface area contributed by atoms with Crippen LogP contribution in [0.15, 0.2) is 47.4 Å². The van der Waals surface area contributed by atoms with Gasteiger partial charge in [-0.15, -0.1) is 0 Å². The van der Waals surface area contributed by atoms with Gasteiger partial charge in [-0.05, 0) is 48.4 Å². The Morgan fingerprint density at radius 3 is 2.48 bits per heavy atom. The summed E-state index contributed by atoms with van der Waals surface area (Å²) in [7, 11) is -4.18. The summed E-state index contributed by atoms with van der Waals surface area (Å²) in [6.07, 6.45) is -4.36. The molecule has 1 aliphatic rings. The monoisotopic (exact) mass is 371 g/mol. The van der Waals surface area contributed by atoms with E-state index in [4.69, 9.17) is 5.11 Å². The molecule has 2 aromatic rings. The van der Waals surface area contributed by atoms with Gasteiger partial charge < -0.3 is 5.11 Å². The lowest BCUT2D eigenvalue weighted by Gasteiger charge is -2.20. The summed E-state index contributed by atoms with van der Waals surface area (Å²) in [5.41, 5.74) is -0.218. The van der Waals surface area contributed by atoms with Crippen molar-refractivity contribution in [2.45, 2.75) is 17.5 Å². The number of hydrogen-bond acceptors (Lipinski definition) is 3. The Labute approximate surface area is 141 Å². The van der Waals surface area contributed by atoms with Crippen LogP contribution in [0.2, 0.25) is 0 Å². The molecule has 0 saturated heterocycles. The molecule has 0 atom stereocenters. The molecule has 1 aliphatic heterocycles. The number of fused-ring (bicyclic) bond motifs is 1. The van der Waals surface area contributed by atoms with E-state index in [1.807, 2.05) is 0 Å². The fourth-order valence-electron chi connectivity index (χ4n) is 2.71. The average molecular weight is 371 g/mol. The highest BCUT2D eigenvalue weighted by Gasteiger charge is 2.35. The quantitative estimate of drug-likeness (QED) is 0.899. The van der Waals surface area contributed by atoms with E-state index in [-0.39, 0.29) is 24.2 Å². The maximum absolute atomic E-state index is 12.8. The van der Waals surface area contributed by atoms with Gasteiger partial charge >= 0.3 is 12.1 Å². The van der Waals surface area contributed by atoms with Crippen molar-refractivity contribution in [3.8, 4) is 0 Å². The predicted octanol–water partition coefficient (Wildman–Crippen LogP) is 3.16. The molecule has 1 heterocycles. The van der Waals surface area contributed by atoms with Crippen LogP contribution < -0.4 is 4.31 Å². The molecule has 0 amide bonds. The van der Waals surface area contributed by atoms with Crippen LogP contribution in [0.1, 0.15) is 21.5 Å². The number of aromatic carboxylic acids is 1. The van der Waals surface area contributed by atoms with Crippen molar-refractivity contribution >= 4 is 21.7 Å². The van der Waals surface area contributed by atoms with Crippen molar-refractivity contribution < 1.29 is 31.5 Å². The molecule has 0 spiro atoms. The number of carboxylic acids is 1. The molecule has 9 heteroatoms. The summed E-state index contributed by atoms with van der Waals surface area (Å²) < 4.78 is 65.0. The number of carbonyl (C=O) groups is 1. The zero-order valence-corrected chi connectivity index (χ0v) is 13.4. The number of hydrogen-bond donors (Lipinski definition) is 1. The first-order valence-electron chi connectivity index (χ1n) is 7.17. The van der Waals surface area contributed by atoms with Crippen molar-refractivity contribution in [3.63, 3.8) is 0 Å². The minimum absolute atomic E-state index is 0.0251. The summed E-state index contributed by atoms with van der Waals surface area (Å²) in [5, 5.41) is 8.99. The van der Waals surface area contributed by atoms with Crippen LogP contribution in [0.3, 0.4) is 0 Å². The number of halogens is 3. The first-order valence-corrected chi connectivity index (χ1v) is 8.61. The molecule has 0 bridgehead atoms. The number of anilines is 1. The van der Waals surface area contributed by atoms with Gasteiger partial charge in [0.2, 0.25) is 0 Å². The van der Waals surface area contributed by atoms with Crippen LogP contribution in [0.4, 0.5) is 18.9 Å². The highest BCUT2D eigenvalue weighted by molar-refractivity contribution is 7.92. The Bertz CT molecular complexity index is 954. The maximum Gasteiger partial charge on any atom is 0.416 e. The second-order valence-corrected chi connectivity index (χ2v) is 7.36. The minimum Gasteiger partial charge on any atom is -0.478 e. The third kappa shape index (κ3) is 3.07. The fraction of sp³-hybridized carbons (Fsp3) is 0.188. The molecular formula is C16H12F3NO4S. The van der Waals surface area contributed by atoms with E-state index in [1.54, 1.807) is 0 Å². The van der Waals surface area contributed by atoms with Crippen molar-refractivity contribution in [3.05, 3.63) is 59.2 Å². The number of benzene rings is 2. The van der Waals surface area contributed by atoms with Gasteiger partial charge in [0, 0.05) is 6.54 Å². The molecule has 1 N–H and O–H groups in total. The van der Waals surface area contributed by atoms with E-state index >= 15 is 0 Å². The maximum atomic E-state index is 12.8. The molecule has 25 heavy (non-hydrogen) atoms. The number of rotatable bonds is 3. The molecule has 0 fully saturated rings. The second-order valence-electron chi connectivity index (χ2n) is 5.50. The van der Waals surface area contributed by atoms with Crippen molar-refractivity contribution in [2.75, 3.05) is 10.8 Å². The predicted molar refractivity (Wildman–Crippen MR) is 83.1 cm³/mol. The number of alkyl halides is 3. The average Bonchev–Trinajstić information content (AvgIpc) is 2.98. The highest BCUT2D eigenvalue weighted by atomic mass is 32.2. The molecule has 5 nitrogen and oxygen atoms in total. The molecular weight excluding hydrogens is 359 g/mol. The third-order valence-electron chi connectivity index (χ3n) is 3.93. The lowest BCUT2D eigenvalue weighted by molar-refractivity contribution is -0.137. The lowest BCUT2D eigenvalue weighted by atomic mass is 10.1. The van der Waals surface area contributed by atoms with E-state index in [0.717, 1.165) is 22.5 Å². The van der Waals surface area contributed by atoms with Crippen LogP contribution in [0.5, 0.6) is 0 Å². The summed E-state index contributed by atoms with van der Waals surface area (Å²) in [6, 6.07) is 7.54. The first-order chi connectivity index (χ1) is 11.6. The van der Waals surface area contributed by atoms with E-state index < -0.39 is 32.6 Å². The molecule has 2 aromatic carbocycles. The zero-order chi connectivity index (χ0) is 18.4. The van der Waals surface area contributed by atoms with Crippen molar-refractivity contribution in [1.29, 1.82) is 0 Å². The van der Waals surface area contributed by atoms with Crippen LogP contribution in [-0.4, -0.2) is 26.0 Å². The van der Waals surface area contributed by atoms with Gasteiger partial charge in [-0.25, -0.2) is 13.2 Å². The van der Waals surface area contributed by atoms with Gasteiger partial charge in [0.25, 0.3) is 10.0 Å². The molecule has 0 aliphatic carbocycles. The Morgan fingerprint density at radius 1 is 1.12 bits per heavy atom. The fourth-order valence-corrected chi connectivity index (χ4v) is 4.26. The molecule has 3 rings (SSSR count). The molecule has 0 unspecified atom stereocenters. The number of sulfonamides is 1. The van der Waals surface area contributed by atoms with Gasteiger partial charge in [-0.1, -0.05) is 6.07 Å². The highest BCUT2D eigenvalue weighted by Crippen LogP contribution is 2.35. The summed E-state index contributed by atoms with van der Waals surface area (Å²) in [4.78, 5) is 10.5. The van der Waals surface area contributed by atoms with Gasteiger partial charge in [-0.2, -0.15) is 13.2 Å². The molecule has 0 radical (unpaired) electrons. The molecule has 0 aromatic heterocycles. The smallest absolute Gasteiger partial charge is 0.416 e. The summed E-state index contributed by atoms with van der Waals surface area (Å²) >= 11 is 0. The molecule has 132 valence electrons. The Hall–Kier alpha value is -2.55. The van der Waals surface area contributed by atoms with Crippen LogP contribution >= 0.6 is 0 Å². The first kappa shape index (κ1) is 17.3. The van der Waals surface area contributed by atoms with E-state index in [2.05, 4.69) is 0 Å². The topological polar surface area (TPSA) is 74.7 Å². The van der Waals surface area contributed by atoms with Gasteiger partial charge in [0.1, 0.15) is 0 Å². The van der Waals surface area contributed by atoms with Crippen molar-refractivity contribution in [1.82, 2.24) is 0 Å². The normalized spacial score (nSPS) is 14.4. The van der Waals surface area contributed by atoms with Crippen molar-refractivity contribution in [2.24, 2.45) is 0 Å². The zero-order valence-electron chi connectivity index (χ0n) is 12.6. The Balaban J connectivity index is 2.03. The minimum atomic E-state index is -4.65. The SMILES string of the molecule is O=C(O)c1ccc2c(c1)CCN2S(=O)(=O)c1cccc(C(F)(F)F)c1. The van der Waals surface area contributed by atoms with Crippen LogP contribution in [0.25, 0.3) is 0 Å². The second kappa shape index (κ2) is 5.76. The number of carboxylic acid groups (broad SMARTS) is 1. The van der Waals surface area contributed by atoms with E-state index in [0.29, 0.717) is 11.6 Å². The largest absolute Gasteiger partial charge is 0.478 e. The van der Waals surface area contributed by atoms with E-state index in [9.17, 15) is 26.4 Å². The standard InChI is InChI=1S/C16H12F3NO4S/c17-16(18,19)12-2-1-3-13(9-12)25(23,24)20-7-6-10-8-11(15(21)22)4-5-14(10)20/h1-5,8-9H,6-7H2,(H,21,22). The number of nitrogens with zero attached hydrogens (tertiary/aromatic N) is 1. The summed E-state index contributed by atoms with van der Waals surface area (Å²) in [6.45, 7) is 0.0387. The third-order valence-corrected chi connectivity index (χ3v) is 5.74. The molecule has 0 saturated carbocycles. The lowest BCUT2D eigenvalue weighted by Crippen LogP contribution is -2.29. The Kier molecular flexibility index (Phi) is 3.98. The van der Waals surface area contributed by atoms with Crippen LogP contribution in [-0.2, 0) is 22.6 Å².